The van der Waals surface area contributed by atoms with Crippen molar-refractivity contribution >= 4 is 39.3 Å². The van der Waals surface area contributed by atoms with Crippen LogP contribution in [-0.2, 0) is 9.53 Å². The lowest BCUT2D eigenvalue weighted by atomic mass is 9.96. The number of allylic oxidation sites excluding steroid dienone is 1. The van der Waals surface area contributed by atoms with Crippen LogP contribution in [-0.4, -0.2) is 31.0 Å². The van der Waals surface area contributed by atoms with Crippen LogP contribution >= 0.6 is 27.3 Å². The number of hydrogen-bond donors (Lipinski definition) is 0. The summed E-state index contributed by atoms with van der Waals surface area (Å²) in [6, 6.07) is 10.2. The second kappa shape index (κ2) is 9.35. The van der Waals surface area contributed by atoms with Crippen LogP contribution in [0.15, 0.2) is 61.9 Å². The Balaban J connectivity index is 1.70. The van der Waals surface area contributed by atoms with Crippen molar-refractivity contribution in [2.75, 3.05) is 20.5 Å². The summed E-state index contributed by atoms with van der Waals surface area (Å²) < 4.78 is 24.3. The summed E-state index contributed by atoms with van der Waals surface area (Å²) in [7, 11) is 1.58. The summed E-state index contributed by atoms with van der Waals surface area (Å²) in [5.74, 6) is 1.43. The van der Waals surface area contributed by atoms with Crippen molar-refractivity contribution in [3.8, 4) is 17.2 Å². The first-order chi connectivity index (χ1) is 16.9. The quantitative estimate of drug-likeness (QED) is 0.448. The maximum Gasteiger partial charge on any atom is 0.338 e. The molecule has 35 heavy (non-hydrogen) atoms. The summed E-state index contributed by atoms with van der Waals surface area (Å²) in [6.07, 6.45) is 1.78. The molecule has 2 aromatic carbocycles. The average Bonchev–Trinajstić information content (AvgIpc) is 3.42. The van der Waals surface area contributed by atoms with Gasteiger partial charge < -0.3 is 18.9 Å². The van der Waals surface area contributed by atoms with E-state index >= 15 is 0 Å². The van der Waals surface area contributed by atoms with Gasteiger partial charge in [-0.05, 0) is 55.3 Å². The van der Waals surface area contributed by atoms with E-state index in [9.17, 15) is 9.59 Å². The molecule has 2 aliphatic rings. The molecule has 0 fully saturated rings. The van der Waals surface area contributed by atoms with Gasteiger partial charge in [0.15, 0.2) is 16.3 Å². The van der Waals surface area contributed by atoms with E-state index in [1.807, 2.05) is 24.3 Å². The second-order valence-corrected chi connectivity index (χ2v) is 9.67. The number of carbonyl (C=O) groups is 1. The highest BCUT2D eigenvalue weighted by molar-refractivity contribution is 9.10. The standard InChI is InChI=1S/C25H21BrN2O6S/c1-4-32-24(30)21-13(2)27-25-28(22(21)14-5-7-16(31-3)8-6-14)23(29)20(35-25)10-15-9-18-19(11-17(15)26)34-12-33-18/h5-11,22H,4,12H2,1-3H3/t22-/m1/s1. The number of carbonyl (C=O) groups excluding carboxylic acids is 1. The average molecular weight is 557 g/mol. The fourth-order valence-corrected chi connectivity index (χ4v) is 5.55. The van der Waals surface area contributed by atoms with Crippen molar-refractivity contribution in [1.82, 2.24) is 4.57 Å². The number of hydrogen-bond acceptors (Lipinski definition) is 8. The van der Waals surface area contributed by atoms with E-state index in [1.165, 1.54) is 11.3 Å². The third kappa shape index (κ3) is 4.17. The fraction of sp³-hybridized carbons (Fsp3) is 0.240. The normalized spacial score (nSPS) is 16.7. The Morgan fingerprint density at radius 3 is 2.66 bits per heavy atom. The lowest BCUT2D eigenvalue weighted by Gasteiger charge is -2.24. The molecular formula is C25H21BrN2O6S. The zero-order chi connectivity index (χ0) is 24.7. The molecule has 0 saturated carbocycles. The Labute approximate surface area is 212 Å². The monoisotopic (exact) mass is 556 g/mol. The van der Waals surface area contributed by atoms with Gasteiger partial charge in [0.2, 0.25) is 6.79 Å². The van der Waals surface area contributed by atoms with Crippen LogP contribution < -0.4 is 29.1 Å². The van der Waals surface area contributed by atoms with E-state index in [2.05, 4.69) is 20.9 Å². The van der Waals surface area contributed by atoms with E-state index in [0.29, 0.717) is 37.9 Å². The molecule has 8 nitrogen and oxygen atoms in total. The Morgan fingerprint density at radius 1 is 1.26 bits per heavy atom. The first kappa shape index (κ1) is 23.4. The topological polar surface area (TPSA) is 88.4 Å². The number of fused-ring (bicyclic) bond motifs is 2. The predicted octanol–water partition coefficient (Wildman–Crippen LogP) is 3.30. The summed E-state index contributed by atoms with van der Waals surface area (Å²) in [6.45, 7) is 3.88. The minimum absolute atomic E-state index is 0.158. The maximum absolute atomic E-state index is 13.7. The zero-order valence-corrected chi connectivity index (χ0v) is 21.6. The summed E-state index contributed by atoms with van der Waals surface area (Å²) in [5, 5.41) is 0. The fourth-order valence-electron chi connectivity index (χ4n) is 4.08. The van der Waals surface area contributed by atoms with Crippen molar-refractivity contribution in [3.05, 3.63) is 83.0 Å². The van der Waals surface area contributed by atoms with Gasteiger partial charge in [-0.2, -0.15) is 0 Å². The number of esters is 1. The third-order valence-corrected chi connectivity index (χ3v) is 7.40. The van der Waals surface area contributed by atoms with Crippen molar-refractivity contribution < 1.29 is 23.7 Å². The van der Waals surface area contributed by atoms with Crippen LogP contribution in [0.5, 0.6) is 17.2 Å². The largest absolute Gasteiger partial charge is 0.497 e. The highest BCUT2D eigenvalue weighted by atomic mass is 79.9. The molecule has 0 bridgehead atoms. The zero-order valence-electron chi connectivity index (χ0n) is 19.2. The van der Waals surface area contributed by atoms with Crippen molar-refractivity contribution in [2.45, 2.75) is 19.9 Å². The van der Waals surface area contributed by atoms with Gasteiger partial charge in [-0.1, -0.05) is 39.4 Å². The highest BCUT2D eigenvalue weighted by Crippen LogP contribution is 2.37. The third-order valence-electron chi connectivity index (χ3n) is 5.73. The van der Waals surface area contributed by atoms with Crippen molar-refractivity contribution in [1.29, 1.82) is 0 Å². The van der Waals surface area contributed by atoms with Crippen molar-refractivity contribution in [3.63, 3.8) is 0 Å². The van der Waals surface area contributed by atoms with E-state index in [4.69, 9.17) is 18.9 Å². The number of ether oxygens (including phenoxy) is 4. The molecule has 0 amide bonds. The van der Waals surface area contributed by atoms with Gasteiger partial charge in [-0.25, -0.2) is 9.79 Å². The first-order valence-electron chi connectivity index (χ1n) is 10.8. The Kier molecular flexibility index (Phi) is 6.24. The predicted molar refractivity (Wildman–Crippen MR) is 134 cm³/mol. The molecule has 5 rings (SSSR count). The van der Waals surface area contributed by atoms with Gasteiger partial charge in [0.05, 0.1) is 35.6 Å². The number of nitrogens with zero attached hydrogens (tertiary/aromatic N) is 2. The van der Waals surface area contributed by atoms with Crippen molar-refractivity contribution in [2.24, 2.45) is 4.99 Å². The lowest BCUT2D eigenvalue weighted by Crippen LogP contribution is -2.39. The molecule has 2 aliphatic heterocycles. The molecule has 10 heteroatoms. The second-order valence-electron chi connectivity index (χ2n) is 7.80. The van der Waals surface area contributed by atoms with Gasteiger partial charge >= 0.3 is 5.97 Å². The maximum atomic E-state index is 13.7. The number of thiazole rings is 1. The van der Waals surface area contributed by atoms with Crippen LogP contribution in [0.2, 0.25) is 0 Å². The molecule has 0 radical (unpaired) electrons. The first-order valence-corrected chi connectivity index (χ1v) is 12.4. The van der Waals surface area contributed by atoms with Crippen LogP contribution in [0.1, 0.15) is 31.0 Å². The highest BCUT2D eigenvalue weighted by Gasteiger charge is 2.33. The molecule has 3 aromatic rings. The minimum atomic E-state index is -0.682. The molecule has 0 spiro atoms. The van der Waals surface area contributed by atoms with Gasteiger partial charge in [0.25, 0.3) is 5.56 Å². The molecule has 0 aliphatic carbocycles. The molecule has 1 atom stereocenters. The SMILES string of the molecule is CCOC(=O)C1=C(C)N=c2sc(=Cc3cc4c(cc3Br)OCO4)c(=O)n2[C@@H]1c1ccc(OC)cc1. The lowest BCUT2D eigenvalue weighted by molar-refractivity contribution is -0.139. The summed E-state index contributed by atoms with van der Waals surface area (Å²) in [5.41, 5.74) is 2.11. The number of benzene rings is 2. The Hall–Kier alpha value is -3.37. The van der Waals surface area contributed by atoms with E-state index in [-0.39, 0.29) is 19.0 Å². The summed E-state index contributed by atoms with van der Waals surface area (Å²) in [4.78, 5) is 31.8. The van der Waals surface area contributed by atoms with Gasteiger partial charge in [0.1, 0.15) is 5.75 Å². The van der Waals surface area contributed by atoms with Crippen LogP contribution in [0.3, 0.4) is 0 Å². The Morgan fingerprint density at radius 2 is 1.97 bits per heavy atom. The number of halogens is 1. The number of rotatable bonds is 5. The van der Waals surface area contributed by atoms with Gasteiger partial charge in [-0.3, -0.25) is 9.36 Å². The molecule has 1 aromatic heterocycles. The molecule has 0 unspecified atom stereocenters. The van der Waals surface area contributed by atoms with Crippen LogP contribution in [0.4, 0.5) is 0 Å². The van der Waals surface area contributed by atoms with Crippen LogP contribution in [0, 0.1) is 0 Å². The smallest absolute Gasteiger partial charge is 0.338 e. The Bertz CT molecular complexity index is 1540. The molecule has 0 N–H and O–H groups in total. The molecular weight excluding hydrogens is 536 g/mol. The minimum Gasteiger partial charge on any atom is -0.497 e. The van der Waals surface area contributed by atoms with E-state index in [1.54, 1.807) is 43.7 Å². The molecule has 180 valence electrons. The number of methoxy groups -OCH3 is 1. The van der Waals surface area contributed by atoms with Gasteiger partial charge in [-0.15, -0.1) is 0 Å². The molecule has 0 saturated heterocycles. The number of aromatic nitrogens is 1. The van der Waals surface area contributed by atoms with Gasteiger partial charge in [0, 0.05) is 4.47 Å². The summed E-state index contributed by atoms with van der Waals surface area (Å²) >= 11 is 4.81. The molecule has 3 heterocycles. The van der Waals surface area contributed by atoms with E-state index in [0.717, 1.165) is 15.6 Å². The van der Waals surface area contributed by atoms with E-state index < -0.39 is 12.0 Å². The van der Waals surface area contributed by atoms with Crippen LogP contribution in [0.25, 0.3) is 6.08 Å².